The number of benzene rings is 1. The largest absolute Gasteiger partial charge is 0.192 e. The van der Waals surface area contributed by atoms with Crippen LogP contribution in [0.1, 0.15) is 28.5 Å². The minimum absolute atomic E-state index is 0.0361. The Bertz CT molecular complexity index is 601. The van der Waals surface area contributed by atoms with E-state index in [0.717, 1.165) is 5.56 Å². The summed E-state index contributed by atoms with van der Waals surface area (Å²) in [6, 6.07) is 8.33. The summed E-state index contributed by atoms with van der Waals surface area (Å²) in [5, 5.41) is 9.38. The number of hydrogen-bond acceptors (Lipinski definition) is 1. The molecule has 0 spiro atoms. The summed E-state index contributed by atoms with van der Waals surface area (Å²) < 4.78 is 0. The van der Waals surface area contributed by atoms with Gasteiger partial charge < -0.3 is 0 Å². The van der Waals surface area contributed by atoms with Gasteiger partial charge >= 0.3 is 0 Å². The van der Waals surface area contributed by atoms with Gasteiger partial charge in [-0.2, -0.15) is 5.26 Å². The Morgan fingerprint density at radius 1 is 1.00 bits per heavy atom. The van der Waals surface area contributed by atoms with Crippen molar-refractivity contribution in [3.05, 3.63) is 47.0 Å². The Hall–Kier alpha value is -0.970. The van der Waals surface area contributed by atoms with Crippen LogP contribution in [0.3, 0.4) is 0 Å². The van der Waals surface area contributed by atoms with Gasteiger partial charge in [0.15, 0.2) is 0 Å². The molecule has 1 fully saturated rings. The van der Waals surface area contributed by atoms with Gasteiger partial charge in [-0.25, -0.2) is 0 Å². The van der Waals surface area contributed by atoms with Crippen molar-refractivity contribution in [1.82, 2.24) is 0 Å². The Labute approximate surface area is 116 Å². The quantitative estimate of drug-likeness (QED) is 0.522. The van der Waals surface area contributed by atoms with Crippen molar-refractivity contribution in [3.63, 3.8) is 0 Å². The van der Waals surface area contributed by atoms with Crippen molar-refractivity contribution < 1.29 is 0 Å². The van der Waals surface area contributed by atoms with Gasteiger partial charge in [-0.15, -0.1) is 23.2 Å². The predicted molar refractivity (Wildman–Crippen MR) is 72.0 cm³/mol. The van der Waals surface area contributed by atoms with Crippen molar-refractivity contribution in [1.29, 1.82) is 5.26 Å². The maximum absolute atomic E-state index is 9.28. The monoisotopic (exact) mass is 275 g/mol. The lowest BCUT2D eigenvalue weighted by Crippen LogP contribution is -2.57. The summed E-state index contributed by atoms with van der Waals surface area (Å²) in [5.74, 6) is 1.49. The highest BCUT2D eigenvalue weighted by Gasteiger charge is 2.59. The maximum Gasteiger partial charge on any atom is 0.0994 e. The Morgan fingerprint density at radius 2 is 1.67 bits per heavy atom. The van der Waals surface area contributed by atoms with Crippen molar-refractivity contribution in [2.75, 3.05) is 0 Å². The Balaban J connectivity index is 1.94. The van der Waals surface area contributed by atoms with E-state index in [1.807, 2.05) is 12.1 Å². The summed E-state index contributed by atoms with van der Waals surface area (Å²) in [5.41, 5.74) is 3.28. The van der Waals surface area contributed by atoms with E-state index in [9.17, 15) is 5.26 Å². The average molecular weight is 276 g/mol. The number of allylic oxidation sites excluding steroid dienone is 2. The molecular formula is C15H11Cl2N. The molecule has 0 aliphatic heterocycles. The number of alkyl halides is 2. The van der Waals surface area contributed by atoms with Crippen LogP contribution in [0.15, 0.2) is 30.4 Å². The van der Waals surface area contributed by atoms with Crippen LogP contribution in [0.4, 0.5) is 0 Å². The van der Waals surface area contributed by atoms with Crippen LogP contribution in [-0.2, 0) is 0 Å². The first kappa shape index (κ1) is 10.9. The molecule has 4 aliphatic rings. The van der Waals surface area contributed by atoms with Crippen LogP contribution in [-0.4, -0.2) is 10.8 Å². The molecule has 5 rings (SSSR count). The van der Waals surface area contributed by atoms with Gasteiger partial charge in [0.2, 0.25) is 0 Å². The molecule has 6 atom stereocenters. The zero-order valence-corrected chi connectivity index (χ0v) is 11.1. The van der Waals surface area contributed by atoms with Crippen LogP contribution in [0, 0.1) is 23.2 Å². The van der Waals surface area contributed by atoms with Gasteiger partial charge in [-0.3, -0.25) is 0 Å². The molecule has 1 aromatic rings. The van der Waals surface area contributed by atoms with E-state index < -0.39 is 0 Å². The maximum atomic E-state index is 9.28. The lowest BCUT2D eigenvalue weighted by atomic mass is 9.50. The lowest BCUT2D eigenvalue weighted by Gasteiger charge is -2.58. The smallest absolute Gasteiger partial charge is 0.0994 e. The zero-order valence-electron chi connectivity index (χ0n) is 9.55. The summed E-state index contributed by atoms with van der Waals surface area (Å²) in [6.45, 7) is 0. The molecule has 0 saturated heterocycles. The molecule has 0 aromatic heterocycles. The van der Waals surface area contributed by atoms with Crippen LogP contribution >= 0.6 is 23.2 Å². The minimum Gasteiger partial charge on any atom is -0.192 e. The van der Waals surface area contributed by atoms with Gasteiger partial charge in [0.1, 0.15) is 0 Å². The van der Waals surface area contributed by atoms with E-state index in [0.29, 0.717) is 17.8 Å². The molecular weight excluding hydrogens is 265 g/mol. The second-order valence-corrected chi connectivity index (χ2v) is 6.41. The molecule has 1 aromatic carbocycles. The fourth-order valence-corrected chi connectivity index (χ4v) is 5.00. The van der Waals surface area contributed by atoms with E-state index in [2.05, 4.69) is 24.3 Å². The van der Waals surface area contributed by atoms with E-state index >= 15 is 0 Å². The predicted octanol–water partition coefficient (Wildman–Crippen LogP) is 3.77. The third kappa shape index (κ3) is 1.09. The zero-order chi connectivity index (χ0) is 12.4. The highest BCUT2D eigenvalue weighted by Crippen LogP contribution is 2.63. The fraction of sp³-hybridized carbons (Fsp3) is 0.400. The number of hydrogen-bond donors (Lipinski definition) is 0. The Morgan fingerprint density at radius 3 is 2.39 bits per heavy atom. The van der Waals surface area contributed by atoms with Crippen molar-refractivity contribution >= 4 is 23.2 Å². The normalized spacial score (nSPS) is 42.7. The molecule has 0 radical (unpaired) electrons. The number of rotatable bonds is 0. The Kier molecular flexibility index (Phi) is 2.14. The standard InChI is InChI=1S/C15H11Cl2N/c16-14-12-9-4-5-10(13(12)15(14)17)11-7(6-18)2-1-3-8(9)11/h1-5,9-10,12-15H/t9-,10-,12+,13+,14+,15-/m1/s1. The molecule has 1 nitrogen and oxygen atoms in total. The van der Waals surface area contributed by atoms with Crippen LogP contribution in [0.5, 0.6) is 0 Å². The van der Waals surface area contributed by atoms with Gasteiger partial charge in [-0.1, -0.05) is 24.3 Å². The molecule has 4 aliphatic carbocycles. The SMILES string of the molecule is N#Cc1cccc2c1[C@H]1C=C[C@H]2[C@@H]2[C@H](Cl)[C@H](Cl)[C@H]21. The van der Waals surface area contributed by atoms with Crippen molar-refractivity contribution in [3.8, 4) is 6.07 Å². The van der Waals surface area contributed by atoms with Crippen LogP contribution < -0.4 is 0 Å². The van der Waals surface area contributed by atoms with E-state index in [1.165, 1.54) is 11.1 Å². The molecule has 0 N–H and O–H groups in total. The second kappa shape index (κ2) is 3.53. The number of nitriles is 1. The minimum atomic E-state index is 0.0361. The van der Waals surface area contributed by atoms with Crippen LogP contribution in [0.25, 0.3) is 0 Å². The number of nitrogens with zero attached hydrogens (tertiary/aromatic N) is 1. The molecule has 0 amide bonds. The third-order valence-electron chi connectivity index (χ3n) is 4.79. The molecule has 0 heterocycles. The lowest BCUT2D eigenvalue weighted by molar-refractivity contribution is 0.129. The summed E-state index contributed by atoms with van der Waals surface area (Å²) in [6.07, 6.45) is 4.49. The molecule has 0 unspecified atom stereocenters. The van der Waals surface area contributed by atoms with Crippen molar-refractivity contribution in [2.24, 2.45) is 11.8 Å². The molecule has 18 heavy (non-hydrogen) atoms. The van der Waals surface area contributed by atoms with Crippen LogP contribution in [0.2, 0.25) is 0 Å². The van der Waals surface area contributed by atoms with Crippen molar-refractivity contribution in [2.45, 2.75) is 22.6 Å². The van der Waals surface area contributed by atoms with E-state index in [4.69, 9.17) is 23.2 Å². The van der Waals surface area contributed by atoms with Gasteiger partial charge in [0.25, 0.3) is 0 Å². The summed E-state index contributed by atoms with van der Waals surface area (Å²) in [7, 11) is 0. The third-order valence-corrected chi connectivity index (χ3v) is 6.05. The highest BCUT2D eigenvalue weighted by atomic mass is 35.5. The first-order chi connectivity index (χ1) is 8.74. The topological polar surface area (TPSA) is 23.8 Å². The molecule has 90 valence electrons. The van der Waals surface area contributed by atoms with Gasteiger partial charge in [-0.05, 0) is 29.0 Å². The summed E-state index contributed by atoms with van der Waals surface area (Å²) in [4.78, 5) is 0. The summed E-state index contributed by atoms with van der Waals surface area (Å²) >= 11 is 12.8. The fourth-order valence-electron chi connectivity index (χ4n) is 4.02. The van der Waals surface area contributed by atoms with Gasteiger partial charge in [0, 0.05) is 11.8 Å². The molecule has 1 saturated carbocycles. The first-order valence-corrected chi connectivity index (χ1v) is 7.10. The average Bonchev–Trinajstić information content (AvgIpc) is 2.45. The number of halogens is 2. The first-order valence-electron chi connectivity index (χ1n) is 6.23. The van der Waals surface area contributed by atoms with E-state index in [1.54, 1.807) is 0 Å². The molecule has 2 bridgehead atoms. The highest BCUT2D eigenvalue weighted by molar-refractivity contribution is 6.31. The molecule has 3 heteroatoms. The second-order valence-electron chi connectivity index (χ2n) is 5.40. The van der Waals surface area contributed by atoms with Gasteiger partial charge in [0.05, 0.1) is 22.4 Å². The van der Waals surface area contributed by atoms with E-state index in [-0.39, 0.29) is 16.7 Å².